The van der Waals surface area contributed by atoms with Crippen LogP contribution in [-0.2, 0) is 19.4 Å². The summed E-state index contributed by atoms with van der Waals surface area (Å²) in [6.07, 6.45) is 3.71. The second-order valence-electron chi connectivity index (χ2n) is 4.77. The minimum atomic E-state index is -0.0325. The van der Waals surface area contributed by atoms with E-state index in [0.29, 0.717) is 6.54 Å². The van der Waals surface area contributed by atoms with E-state index in [9.17, 15) is 4.79 Å². The normalized spacial score (nSPS) is 10.1. The maximum Gasteiger partial charge on any atom is 0.251 e. The smallest absolute Gasteiger partial charge is 0.251 e. The highest BCUT2D eigenvalue weighted by atomic mass is 35.5. The van der Waals surface area contributed by atoms with Gasteiger partial charge >= 0.3 is 0 Å². The Balaban J connectivity index is 0.00000242. The first-order valence-electron chi connectivity index (χ1n) is 7.19. The number of carbonyl (C=O) groups excluding carboxylic acids is 1. The number of benzene rings is 1. The second kappa shape index (κ2) is 9.56. The standard InChI is InChI=1S/C16H21N3OS.ClH/c1-3-13-10-18-15(21-13)11-19-16(20)14-7-5-4-6-12(14)8-9-17-2;/h4-7,10,17H,3,8-9,11H2,1-2H3,(H,19,20);1H. The maximum atomic E-state index is 12.3. The number of nitrogens with one attached hydrogen (secondary N) is 2. The Bertz CT molecular complexity index is 601. The Morgan fingerprint density at radius 3 is 2.77 bits per heavy atom. The Hall–Kier alpha value is -1.43. The highest BCUT2D eigenvalue weighted by molar-refractivity contribution is 7.11. The van der Waals surface area contributed by atoms with Crippen LogP contribution in [0.15, 0.2) is 30.5 Å². The predicted molar refractivity (Wildman–Crippen MR) is 94.0 cm³/mol. The molecule has 2 aromatic rings. The molecular formula is C16H22ClN3OS. The number of thiazole rings is 1. The lowest BCUT2D eigenvalue weighted by molar-refractivity contribution is 0.0950. The average molecular weight is 340 g/mol. The SMILES string of the molecule is CCc1cnc(CNC(=O)c2ccccc2CCNC)s1.Cl. The van der Waals surface area contributed by atoms with Crippen LogP contribution >= 0.6 is 23.7 Å². The molecule has 0 spiro atoms. The number of hydrogen-bond donors (Lipinski definition) is 2. The fraction of sp³-hybridized carbons (Fsp3) is 0.375. The van der Waals surface area contributed by atoms with Crippen LogP contribution in [0.3, 0.4) is 0 Å². The first-order chi connectivity index (χ1) is 10.2. The quantitative estimate of drug-likeness (QED) is 0.815. The first kappa shape index (κ1) is 18.6. The summed E-state index contributed by atoms with van der Waals surface area (Å²) in [6.45, 7) is 3.45. The molecule has 0 fully saturated rings. The van der Waals surface area contributed by atoms with E-state index in [2.05, 4.69) is 22.5 Å². The third-order valence-electron chi connectivity index (χ3n) is 3.26. The highest BCUT2D eigenvalue weighted by Gasteiger charge is 2.11. The van der Waals surface area contributed by atoms with Crippen molar-refractivity contribution in [1.82, 2.24) is 15.6 Å². The van der Waals surface area contributed by atoms with Crippen molar-refractivity contribution in [3.05, 3.63) is 51.5 Å². The number of aryl methyl sites for hydroxylation is 1. The monoisotopic (exact) mass is 339 g/mol. The Morgan fingerprint density at radius 2 is 2.09 bits per heavy atom. The molecule has 4 nitrogen and oxygen atoms in total. The molecule has 1 aromatic carbocycles. The summed E-state index contributed by atoms with van der Waals surface area (Å²) < 4.78 is 0. The van der Waals surface area contributed by atoms with E-state index in [1.165, 1.54) is 4.88 Å². The summed E-state index contributed by atoms with van der Waals surface area (Å²) in [4.78, 5) is 17.9. The van der Waals surface area contributed by atoms with Gasteiger partial charge in [0.1, 0.15) is 5.01 Å². The van der Waals surface area contributed by atoms with Gasteiger partial charge in [-0.05, 0) is 38.1 Å². The zero-order chi connectivity index (χ0) is 15.1. The molecule has 0 atom stereocenters. The molecule has 1 heterocycles. The van der Waals surface area contributed by atoms with Crippen LogP contribution < -0.4 is 10.6 Å². The molecule has 120 valence electrons. The zero-order valence-electron chi connectivity index (χ0n) is 12.9. The van der Waals surface area contributed by atoms with Crippen molar-refractivity contribution < 1.29 is 4.79 Å². The van der Waals surface area contributed by atoms with Gasteiger partial charge in [-0.25, -0.2) is 4.98 Å². The second-order valence-corrected chi connectivity index (χ2v) is 5.97. The minimum absolute atomic E-state index is 0. The molecule has 0 aliphatic heterocycles. The molecule has 0 bridgehead atoms. The number of likely N-dealkylation sites (N-methyl/N-ethyl adjacent to an activating group) is 1. The molecule has 0 saturated heterocycles. The summed E-state index contributed by atoms with van der Waals surface area (Å²) in [5.74, 6) is -0.0325. The van der Waals surface area contributed by atoms with Gasteiger partial charge in [0.2, 0.25) is 0 Å². The highest BCUT2D eigenvalue weighted by Crippen LogP contribution is 2.14. The summed E-state index contributed by atoms with van der Waals surface area (Å²) in [5.41, 5.74) is 1.82. The first-order valence-corrected chi connectivity index (χ1v) is 8.00. The third-order valence-corrected chi connectivity index (χ3v) is 4.40. The maximum absolute atomic E-state index is 12.3. The molecule has 1 aromatic heterocycles. The van der Waals surface area contributed by atoms with Gasteiger partial charge in [0.05, 0.1) is 6.54 Å². The van der Waals surface area contributed by atoms with Gasteiger partial charge in [0.15, 0.2) is 0 Å². The van der Waals surface area contributed by atoms with Gasteiger partial charge in [-0.2, -0.15) is 0 Å². The molecule has 0 radical (unpaired) electrons. The molecule has 6 heteroatoms. The van der Waals surface area contributed by atoms with Crippen LogP contribution in [0.2, 0.25) is 0 Å². The van der Waals surface area contributed by atoms with Crippen molar-refractivity contribution in [3.8, 4) is 0 Å². The van der Waals surface area contributed by atoms with Gasteiger partial charge in [-0.3, -0.25) is 4.79 Å². The molecule has 1 amide bonds. The summed E-state index contributed by atoms with van der Waals surface area (Å²) in [7, 11) is 1.91. The molecule has 2 N–H and O–H groups in total. The van der Waals surface area contributed by atoms with Crippen LogP contribution in [0.1, 0.15) is 32.7 Å². The Kier molecular flexibility index (Phi) is 8.09. The molecule has 0 aliphatic rings. The predicted octanol–water partition coefficient (Wildman–Crippen LogP) is 2.82. The Labute approximate surface area is 141 Å². The van der Waals surface area contributed by atoms with Gasteiger partial charge < -0.3 is 10.6 Å². The van der Waals surface area contributed by atoms with Crippen molar-refractivity contribution in [2.24, 2.45) is 0 Å². The molecule has 0 aliphatic carbocycles. The van der Waals surface area contributed by atoms with Gasteiger partial charge in [0, 0.05) is 16.6 Å². The number of carbonyl (C=O) groups is 1. The Morgan fingerprint density at radius 1 is 1.32 bits per heavy atom. The number of amides is 1. The number of hydrogen-bond acceptors (Lipinski definition) is 4. The van der Waals surface area contributed by atoms with E-state index >= 15 is 0 Å². The molecular weight excluding hydrogens is 318 g/mol. The largest absolute Gasteiger partial charge is 0.346 e. The number of aromatic nitrogens is 1. The van der Waals surface area contributed by atoms with E-state index in [0.717, 1.165) is 35.5 Å². The summed E-state index contributed by atoms with van der Waals surface area (Å²) in [6, 6.07) is 7.75. The zero-order valence-corrected chi connectivity index (χ0v) is 14.5. The summed E-state index contributed by atoms with van der Waals surface area (Å²) >= 11 is 1.65. The number of rotatable bonds is 7. The van der Waals surface area contributed by atoms with Crippen molar-refractivity contribution in [2.75, 3.05) is 13.6 Å². The topological polar surface area (TPSA) is 54.0 Å². The van der Waals surface area contributed by atoms with Crippen molar-refractivity contribution in [1.29, 1.82) is 0 Å². The molecule has 0 saturated carbocycles. The molecule has 0 unspecified atom stereocenters. The van der Waals surface area contributed by atoms with Crippen LogP contribution in [0.5, 0.6) is 0 Å². The lowest BCUT2D eigenvalue weighted by Gasteiger charge is -2.09. The van der Waals surface area contributed by atoms with Gasteiger partial charge in [0.25, 0.3) is 5.91 Å². The number of halogens is 1. The van der Waals surface area contributed by atoms with Crippen LogP contribution in [0.25, 0.3) is 0 Å². The van der Waals surface area contributed by atoms with Crippen molar-refractivity contribution in [3.63, 3.8) is 0 Å². The summed E-state index contributed by atoms with van der Waals surface area (Å²) in [5, 5.41) is 7.02. The number of nitrogens with zero attached hydrogens (tertiary/aromatic N) is 1. The van der Waals surface area contributed by atoms with E-state index in [1.54, 1.807) is 11.3 Å². The fourth-order valence-corrected chi connectivity index (χ4v) is 2.87. The average Bonchev–Trinajstić information content (AvgIpc) is 2.99. The van der Waals surface area contributed by atoms with Crippen LogP contribution in [0, 0.1) is 0 Å². The van der Waals surface area contributed by atoms with E-state index in [4.69, 9.17) is 0 Å². The molecule has 22 heavy (non-hydrogen) atoms. The lowest BCUT2D eigenvalue weighted by atomic mass is 10.0. The van der Waals surface area contributed by atoms with Gasteiger partial charge in [-0.15, -0.1) is 23.7 Å². The van der Waals surface area contributed by atoms with Gasteiger partial charge in [-0.1, -0.05) is 25.1 Å². The van der Waals surface area contributed by atoms with Crippen LogP contribution in [-0.4, -0.2) is 24.5 Å². The van der Waals surface area contributed by atoms with E-state index in [1.807, 2.05) is 37.5 Å². The third kappa shape index (κ3) is 5.09. The molecule has 2 rings (SSSR count). The van der Waals surface area contributed by atoms with Crippen molar-refractivity contribution in [2.45, 2.75) is 26.3 Å². The minimum Gasteiger partial charge on any atom is -0.346 e. The lowest BCUT2D eigenvalue weighted by Crippen LogP contribution is -2.24. The van der Waals surface area contributed by atoms with Crippen molar-refractivity contribution >= 4 is 29.7 Å². The van der Waals surface area contributed by atoms with E-state index < -0.39 is 0 Å². The van der Waals surface area contributed by atoms with Crippen LogP contribution in [0.4, 0.5) is 0 Å². The fourth-order valence-electron chi connectivity index (χ4n) is 2.06. The van der Waals surface area contributed by atoms with E-state index in [-0.39, 0.29) is 18.3 Å².